The number of rotatable bonds is 2. The van der Waals surface area contributed by atoms with Crippen LogP contribution >= 0.6 is 0 Å². The fraction of sp³-hybridized carbons (Fsp3) is 0.455. The lowest BCUT2D eigenvalue weighted by Crippen LogP contribution is -2.51. The Morgan fingerprint density at radius 2 is 1.62 bits per heavy atom. The van der Waals surface area contributed by atoms with Gasteiger partial charge in [-0.3, -0.25) is 0 Å². The summed E-state index contributed by atoms with van der Waals surface area (Å²) in [5.74, 6) is 0. The van der Waals surface area contributed by atoms with E-state index in [-0.39, 0.29) is 5.54 Å². The van der Waals surface area contributed by atoms with Crippen LogP contribution in [0.3, 0.4) is 0 Å². The number of nitrogens with one attached hydrogen (secondary N) is 1. The highest BCUT2D eigenvalue weighted by Crippen LogP contribution is 1.99. The van der Waals surface area contributed by atoms with E-state index in [4.69, 9.17) is 0 Å². The van der Waals surface area contributed by atoms with Crippen LogP contribution in [0.5, 0.6) is 0 Å². The highest BCUT2D eigenvalue weighted by atomic mass is 28.3. The maximum atomic E-state index is 3.64. The summed E-state index contributed by atoms with van der Waals surface area (Å²) in [4.78, 5) is 3.64. The average molecular weight is 192 g/mol. The lowest BCUT2D eigenvalue weighted by molar-refractivity contribution is 0.521. The number of benzene rings is 1. The molecule has 0 bridgehead atoms. The van der Waals surface area contributed by atoms with Crippen molar-refractivity contribution in [3.05, 3.63) is 30.3 Å². The van der Waals surface area contributed by atoms with Gasteiger partial charge in [-0.05, 0) is 26.0 Å². The van der Waals surface area contributed by atoms with Crippen LogP contribution in [0.25, 0.3) is 0 Å². The molecule has 1 N–H and O–H groups in total. The van der Waals surface area contributed by atoms with Crippen LogP contribution in [0.1, 0.15) is 20.8 Å². The largest absolute Gasteiger partial charge is 0.330 e. The summed E-state index contributed by atoms with van der Waals surface area (Å²) in [5.41, 5.74) is 0.221. The van der Waals surface area contributed by atoms with Crippen molar-refractivity contribution < 1.29 is 0 Å². The minimum Gasteiger partial charge on any atom is -0.330 e. The van der Waals surface area contributed by atoms with Gasteiger partial charge in [-0.15, -0.1) is 0 Å². The van der Waals surface area contributed by atoms with Gasteiger partial charge in [0.25, 0.3) is 0 Å². The Bertz CT molecular complexity index is 251. The van der Waals surface area contributed by atoms with E-state index < -0.39 is 8.96 Å². The van der Waals surface area contributed by atoms with E-state index in [0.29, 0.717) is 0 Å². The molecule has 0 amide bonds. The first-order valence-electron chi connectivity index (χ1n) is 4.66. The van der Waals surface area contributed by atoms with Gasteiger partial charge in [-0.2, -0.15) is 0 Å². The Morgan fingerprint density at radius 1 is 1.08 bits per heavy atom. The van der Waals surface area contributed by atoms with E-state index >= 15 is 0 Å². The molecule has 1 nitrogen and oxygen atoms in total. The van der Waals surface area contributed by atoms with Gasteiger partial charge in [-0.25, -0.2) is 0 Å². The van der Waals surface area contributed by atoms with Crippen molar-refractivity contribution >= 4 is 14.1 Å². The molecule has 1 aromatic carbocycles. The zero-order valence-electron chi connectivity index (χ0n) is 8.89. The molecule has 13 heavy (non-hydrogen) atoms. The van der Waals surface area contributed by atoms with Gasteiger partial charge < -0.3 is 4.98 Å². The molecule has 0 saturated carbocycles. The average Bonchev–Trinajstić information content (AvgIpc) is 2.03. The topological polar surface area (TPSA) is 12.0 Å². The van der Waals surface area contributed by atoms with Crippen molar-refractivity contribution in [1.29, 1.82) is 0 Å². The fourth-order valence-corrected chi connectivity index (χ4v) is 3.28. The summed E-state index contributed by atoms with van der Waals surface area (Å²) in [6, 6.07) is 10.7. The van der Waals surface area contributed by atoms with E-state index in [1.165, 1.54) is 5.19 Å². The van der Waals surface area contributed by atoms with Gasteiger partial charge in [0.2, 0.25) is 0 Å². The van der Waals surface area contributed by atoms with Crippen molar-refractivity contribution in [1.82, 2.24) is 4.98 Å². The third kappa shape index (κ3) is 3.74. The van der Waals surface area contributed by atoms with Crippen LogP contribution in [-0.4, -0.2) is 14.5 Å². The maximum absolute atomic E-state index is 3.64. The third-order valence-corrected chi connectivity index (χ3v) is 4.09. The Kier molecular flexibility index (Phi) is 3.28. The minimum absolute atomic E-state index is 0.221. The normalized spacial score (nSPS) is 12.1. The summed E-state index contributed by atoms with van der Waals surface area (Å²) < 4.78 is 0. The van der Waals surface area contributed by atoms with Gasteiger partial charge in [0.15, 0.2) is 8.96 Å². The van der Waals surface area contributed by atoms with Crippen molar-refractivity contribution in [2.24, 2.45) is 0 Å². The maximum Gasteiger partial charge on any atom is 0.166 e. The van der Waals surface area contributed by atoms with Crippen molar-refractivity contribution in [2.75, 3.05) is 0 Å². The molecule has 0 heterocycles. The second-order valence-corrected chi connectivity index (χ2v) is 6.44. The lowest BCUT2D eigenvalue weighted by atomic mass is 10.1. The fourth-order valence-electron chi connectivity index (χ4n) is 1.32. The molecule has 1 aromatic rings. The molecular formula is C11H18NSi. The zero-order valence-corrected chi connectivity index (χ0v) is 9.89. The Morgan fingerprint density at radius 3 is 2.08 bits per heavy atom. The molecule has 0 aliphatic carbocycles. The van der Waals surface area contributed by atoms with Crippen LogP contribution in [0.15, 0.2) is 30.3 Å². The molecule has 0 unspecified atom stereocenters. The smallest absolute Gasteiger partial charge is 0.166 e. The second-order valence-electron chi connectivity index (χ2n) is 4.37. The molecule has 71 valence electrons. The summed E-state index contributed by atoms with van der Waals surface area (Å²) >= 11 is 0. The van der Waals surface area contributed by atoms with Gasteiger partial charge in [0.1, 0.15) is 0 Å². The molecule has 1 radical (unpaired) electrons. The van der Waals surface area contributed by atoms with E-state index in [1.54, 1.807) is 0 Å². The van der Waals surface area contributed by atoms with Crippen molar-refractivity contribution in [3.63, 3.8) is 0 Å². The van der Waals surface area contributed by atoms with Crippen molar-refractivity contribution in [3.8, 4) is 0 Å². The summed E-state index contributed by atoms with van der Waals surface area (Å²) in [5, 5.41) is 1.45. The van der Waals surface area contributed by atoms with Crippen LogP contribution in [0.4, 0.5) is 0 Å². The summed E-state index contributed by atoms with van der Waals surface area (Å²) in [6.07, 6.45) is 0. The predicted octanol–water partition coefficient (Wildman–Crippen LogP) is 1.90. The van der Waals surface area contributed by atoms with E-state index in [2.05, 4.69) is 62.6 Å². The molecule has 0 spiro atoms. The summed E-state index contributed by atoms with van der Waals surface area (Å²) in [6.45, 7) is 8.93. The molecule has 0 aliphatic rings. The highest BCUT2D eigenvalue weighted by molar-refractivity contribution is 6.69. The van der Waals surface area contributed by atoms with E-state index in [9.17, 15) is 0 Å². The standard InChI is InChI=1S/C11H18NSi/c1-11(2,3)12-13(4)10-8-6-5-7-9-10/h5-9,12H,1-4H3. The highest BCUT2D eigenvalue weighted by Gasteiger charge is 2.15. The predicted molar refractivity (Wildman–Crippen MR) is 60.6 cm³/mol. The first kappa shape index (κ1) is 10.5. The Hall–Kier alpha value is -0.603. The van der Waals surface area contributed by atoms with E-state index in [0.717, 1.165) is 0 Å². The van der Waals surface area contributed by atoms with Crippen LogP contribution < -0.4 is 10.2 Å². The SMILES string of the molecule is C[Si](NC(C)(C)C)c1ccccc1. The number of hydrogen-bond donors (Lipinski definition) is 1. The first-order valence-corrected chi connectivity index (χ1v) is 6.66. The van der Waals surface area contributed by atoms with Crippen molar-refractivity contribution in [2.45, 2.75) is 32.9 Å². The minimum atomic E-state index is -0.575. The Labute approximate surface area is 82.9 Å². The molecule has 1 rings (SSSR count). The Balaban J connectivity index is 2.64. The molecule has 0 atom stereocenters. The molecule has 2 heteroatoms. The molecule has 0 fully saturated rings. The van der Waals surface area contributed by atoms with Crippen LogP contribution in [0.2, 0.25) is 6.55 Å². The third-order valence-electron chi connectivity index (χ3n) is 1.77. The molecule has 0 saturated heterocycles. The number of hydrogen-bond acceptors (Lipinski definition) is 1. The molecule has 0 aliphatic heterocycles. The van der Waals surface area contributed by atoms with Gasteiger partial charge in [-0.1, -0.05) is 36.9 Å². The van der Waals surface area contributed by atoms with Gasteiger partial charge in [0, 0.05) is 5.54 Å². The summed E-state index contributed by atoms with van der Waals surface area (Å²) in [7, 11) is -0.575. The second kappa shape index (κ2) is 4.07. The van der Waals surface area contributed by atoms with Gasteiger partial charge >= 0.3 is 0 Å². The van der Waals surface area contributed by atoms with Crippen LogP contribution in [-0.2, 0) is 0 Å². The quantitative estimate of drug-likeness (QED) is 0.706. The molecular weight excluding hydrogens is 174 g/mol. The monoisotopic (exact) mass is 192 g/mol. The zero-order chi connectivity index (χ0) is 9.90. The molecule has 0 aromatic heterocycles. The van der Waals surface area contributed by atoms with E-state index in [1.807, 2.05) is 0 Å². The lowest BCUT2D eigenvalue weighted by Gasteiger charge is -2.25. The van der Waals surface area contributed by atoms with Gasteiger partial charge in [0.05, 0.1) is 0 Å². The van der Waals surface area contributed by atoms with Crippen LogP contribution in [0, 0.1) is 0 Å². The first-order chi connectivity index (χ1) is 5.99.